The molecule has 2 aromatic rings. The highest BCUT2D eigenvalue weighted by atomic mass is 79.9. The maximum absolute atomic E-state index is 11.5. The molecule has 154 valence electrons. The van der Waals surface area contributed by atoms with Gasteiger partial charge in [-0.2, -0.15) is 0 Å². The molecule has 10 nitrogen and oxygen atoms in total. The van der Waals surface area contributed by atoms with Gasteiger partial charge in [0.1, 0.15) is 6.61 Å². The van der Waals surface area contributed by atoms with Crippen molar-refractivity contribution in [1.29, 1.82) is 0 Å². The van der Waals surface area contributed by atoms with Crippen molar-refractivity contribution in [1.82, 2.24) is 10.3 Å². The lowest BCUT2D eigenvalue weighted by molar-refractivity contribution is -0.383. The van der Waals surface area contributed by atoms with Crippen LogP contribution >= 0.6 is 15.9 Å². The Balaban J connectivity index is 1.61. The number of benzene rings is 1. The number of nitro benzene ring substituents is 1. The molecule has 0 unspecified atom stereocenters. The van der Waals surface area contributed by atoms with Gasteiger partial charge in [-0.1, -0.05) is 41.6 Å². The summed E-state index contributed by atoms with van der Waals surface area (Å²) in [6.07, 6.45) is 5.87. The van der Waals surface area contributed by atoms with Crippen LogP contribution in [0.25, 0.3) is 11.0 Å². The van der Waals surface area contributed by atoms with E-state index >= 15 is 0 Å². The number of anilines is 1. The van der Waals surface area contributed by atoms with E-state index in [0.717, 1.165) is 24.6 Å². The number of nitro groups is 1. The van der Waals surface area contributed by atoms with E-state index in [1.54, 1.807) is 0 Å². The number of nitrogens with zero attached hydrogens (tertiary/aromatic N) is 3. The summed E-state index contributed by atoms with van der Waals surface area (Å²) in [6, 6.07) is 2.81. The number of halogens is 1. The minimum absolute atomic E-state index is 0.0579. The van der Waals surface area contributed by atoms with Gasteiger partial charge < -0.3 is 14.8 Å². The summed E-state index contributed by atoms with van der Waals surface area (Å²) < 4.78 is 14.6. The lowest BCUT2D eigenvalue weighted by Gasteiger charge is -2.08. The first kappa shape index (κ1) is 21.9. The number of fused-ring (bicyclic) bond motifs is 1. The van der Waals surface area contributed by atoms with E-state index in [-0.39, 0.29) is 29.9 Å². The second-order valence-corrected chi connectivity index (χ2v) is 6.83. The van der Waals surface area contributed by atoms with Crippen LogP contribution in [0.1, 0.15) is 38.5 Å². The third kappa shape index (κ3) is 6.95. The maximum Gasteiger partial charge on any atom is 0.508 e. The Labute approximate surface area is 170 Å². The van der Waals surface area contributed by atoms with Crippen molar-refractivity contribution >= 4 is 44.5 Å². The van der Waals surface area contributed by atoms with Crippen LogP contribution in [0.2, 0.25) is 0 Å². The Morgan fingerprint density at radius 3 is 2.50 bits per heavy atom. The average molecular weight is 459 g/mol. The molecule has 2 rings (SSSR count). The number of ether oxygens (including phenoxy) is 2. The predicted molar refractivity (Wildman–Crippen MR) is 106 cm³/mol. The van der Waals surface area contributed by atoms with Crippen LogP contribution in [-0.2, 0) is 9.47 Å². The van der Waals surface area contributed by atoms with Crippen LogP contribution in [-0.4, -0.2) is 46.5 Å². The zero-order valence-corrected chi connectivity index (χ0v) is 17.0. The molecule has 1 aromatic heterocycles. The molecule has 1 aromatic carbocycles. The summed E-state index contributed by atoms with van der Waals surface area (Å²) in [6.45, 7) is 0.704. The number of carbonyl (C=O) groups is 1. The largest absolute Gasteiger partial charge is 0.508 e. The van der Waals surface area contributed by atoms with Crippen molar-refractivity contribution in [3.05, 3.63) is 22.2 Å². The molecule has 0 aliphatic rings. The second-order valence-electron chi connectivity index (χ2n) is 6.03. The third-order valence-corrected chi connectivity index (χ3v) is 4.54. The van der Waals surface area contributed by atoms with Crippen LogP contribution in [0.15, 0.2) is 16.8 Å². The van der Waals surface area contributed by atoms with Crippen LogP contribution < -0.4 is 5.32 Å². The Morgan fingerprint density at radius 1 is 1.07 bits per heavy atom. The molecule has 11 heteroatoms. The molecule has 0 fully saturated rings. The summed E-state index contributed by atoms with van der Waals surface area (Å²) in [5.41, 5.74) is 0.610. The zero-order chi connectivity index (χ0) is 20.2. The van der Waals surface area contributed by atoms with E-state index in [1.165, 1.54) is 31.4 Å². The average Bonchev–Trinajstić information content (AvgIpc) is 3.17. The van der Waals surface area contributed by atoms with E-state index in [4.69, 9.17) is 9.47 Å². The number of rotatable bonds is 13. The van der Waals surface area contributed by atoms with Gasteiger partial charge in [0, 0.05) is 17.9 Å². The molecular weight excluding hydrogens is 436 g/mol. The van der Waals surface area contributed by atoms with Gasteiger partial charge in [0.25, 0.3) is 0 Å². The molecule has 1 heterocycles. The molecule has 0 aliphatic heterocycles. The first-order chi connectivity index (χ1) is 13.6. The molecule has 0 bridgehead atoms. The van der Waals surface area contributed by atoms with E-state index < -0.39 is 11.1 Å². The molecule has 0 radical (unpaired) electrons. The standard InChI is InChI=1S/C17H23BrN4O6/c18-9-5-3-1-2-4-6-11-26-17(23)27-12-10-19-13-7-8-14(22(24)25)16-15(13)20-28-21-16/h7-8,19H,1-6,9-12H2. The number of aromatic nitrogens is 2. The summed E-state index contributed by atoms with van der Waals surface area (Å²) in [5, 5.41) is 22.2. The first-order valence-electron chi connectivity index (χ1n) is 9.12. The van der Waals surface area contributed by atoms with Crippen molar-refractivity contribution in [2.45, 2.75) is 38.5 Å². The number of hydrogen-bond donors (Lipinski definition) is 1. The topological polar surface area (TPSA) is 130 Å². The number of hydrogen-bond acceptors (Lipinski definition) is 9. The fraction of sp³-hybridized carbons (Fsp3) is 0.588. The lowest BCUT2D eigenvalue weighted by atomic mass is 10.1. The molecule has 28 heavy (non-hydrogen) atoms. The van der Waals surface area contributed by atoms with E-state index in [2.05, 4.69) is 36.2 Å². The van der Waals surface area contributed by atoms with Crippen LogP contribution in [0, 0.1) is 10.1 Å². The quantitative estimate of drug-likeness (QED) is 0.152. The van der Waals surface area contributed by atoms with Gasteiger partial charge in [0.05, 0.1) is 17.2 Å². The predicted octanol–water partition coefficient (Wildman–Crippen LogP) is 4.43. The molecule has 0 saturated carbocycles. The monoisotopic (exact) mass is 458 g/mol. The Kier molecular flexibility index (Phi) is 9.46. The van der Waals surface area contributed by atoms with Gasteiger partial charge >= 0.3 is 11.8 Å². The third-order valence-electron chi connectivity index (χ3n) is 3.98. The summed E-state index contributed by atoms with van der Waals surface area (Å²) in [4.78, 5) is 21.9. The normalized spacial score (nSPS) is 10.8. The summed E-state index contributed by atoms with van der Waals surface area (Å²) in [5.74, 6) is 0. The molecule has 1 N–H and O–H groups in total. The minimum atomic E-state index is -0.710. The highest BCUT2D eigenvalue weighted by molar-refractivity contribution is 9.09. The van der Waals surface area contributed by atoms with E-state index in [1.807, 2.05) is 0 Å². The van der Waals surface area contributed by atoms with Crippen molar-refractivity contribution in [3.8, 4) is 0 Å². The Hall–Kier alpha value is -2.43. The smallest absolute Gasteiger partial charge is 0.434 e. The van der Waals surface area contributed by atoms with Crippen LogP contribution in [0.3, 0.4) is 0 Å². The van der Waals surface area contributed by atoms with Crippen molar-refractivity contribution < 1.29 is 23.8 Å². The van der Waals surface area contributed by atoms with Crippen molar-refractivity contribution in [2.24, 2.45) is 0 Å². The molecule has 0 atom stereocenters. The second kappa shape index (κ2) is 12.1. The number of nitrogens with one attached hydrogen (secondary N) is 1. The Bertz CT molecular complexity index is 769. The summed E-state index contributed by atoms with van der Waals surface area (Å²) in [7, 11) is 0. The van der Waals surface area contributed by atoms with Crippen LogP contribution in [0.4, 0.5) is 16.2 Å². The fourth-order valence-electron chi connectivity index (χ4n) is 2.56. The maximum atomic E-state index is 11.5. The zero-order valence-electron chi connectivity index (χ0n) is 15.4. The number of carbonyl (C=O) groups excluding carboxylic acids is 1. The van der Waals surface area contributed by atoms with E-state index in [9.17, 15) is 14.9 Å². The molecule has 0 saturated heterocycles. The van der Waals surface area contributed by atoms with Gasteiger partial charge in [0.2, 0.25) is 5.52 Å². The van der Waals surface area contributed by atoms with Gasteiger partial charge in [-0.25, -0.2) is 9.42 Å². The number of unbranched alkanes of at least 4 members (excludes halogenated alkanes) is 5. The van der Waals surface area contributed by atoms with Crippen molar-refractivity contribution in [3.63, 3.8) is 0 Å². The highest BCUT2D eigenvalue weighted by Crippen LogP contribution is 2.28. The number of alkyl halides is 1. The highest BCUT2D eigenvalue weighted by Gasteiger charge is 2.19. The fourth-order valence-corrected chi connectivity index (χ4v) is 2.96. The van der Waals surface area contributed by atoms with E-state index in [0.29, 0.717) is 12.3 Å². The molecular formula is C17H23BrN4O6. The summed E-state index contributed by atoms with van der Waals surface area (Å²) >= 11 is 3.40. The first-order valence-corrected chi connectivity index (χ1v) is 10.2. The Morgan fingerprint density at radius 2 is 1.75 bits per heavy atom. The van der Waals surface area contributed by atoms with Gasteiger partial charge in [-0.15, -0.1) is 0 Å². The lowest BCUT2D eigenvalue weighted by Crippen LogP contribution is -2.15. The van der Waals surface area contributed by atoms with Gasteiger partial charge in [-0.3, -0.25) is 10.1 Å². The number of non-ortho nitro benzene ring substituents is 1. The van der Waals surface area contributed by atoms with Gasteiger partial charge in [0.15, 0.2) is 5.52 Å². The minimum Gasteiger partial charge on any atom is -0.434 e. The molecule has 0 amide bonds. The van der Waals surface area contributed by atoms with Crippen LogP contribution in [0.5, 0.6) is 0 Å². The van der Waals surface area contributed by atoms with Crippen molar-refractivity contribution in [2.75, 3.05) is 30.4 Å². The van der Waals surface area contributed by atoms with Gasteiger partial charge in [-0.05, 0) is 29.2 Å². The molecule has 0 aliphatic carbocycles. The molecule has 0 spiro atoms. The SMILES string of the molecule is O=C(OCCCCCCCCBr)OCCNc1ccc([N+](=O)[O-])c2nonc12.